The van der Waals surface area contributed by atoms with E-state index >= 15 is 0 Å². The summed E-state index contributed by atoms with van der Waals surface area (Å²) in [6.45, 7) is 2.02. The van der Waals surface area contributed by atoms with Gasteiger partial charge in [-0.1, -0.05) is 23.8 Å². The monoisotopic (exact) mass is 251 g/mol. The lowest BCUT2D eigenvalue weighted by Crippen LogP contribution is -2.06. The predicted molar refractivity (Wildman–Crippen MR) is 66.3 cm³/mol. The normalized spacial score (nSPS) is 11.2. The maximum atomic E-state index is 12.2. The number of nitrogens with zero attached hydrogens (tertiary/aromatic N) is 2. The molecule has 0 amide bonds. The van der Waals surface area contributed by atoms with E-state index in [1.54, 1.807) is 12.4 Å². The Bertz CT molecular complexity index is 535. The standard InChI is InChI=1S/C13H15F2N3/c1-9-2-3-12(10(4-9)5-16)11-6-17-18(7-11)8-13(14)15/h2-4,6-7,13H,5,8,16H2,1H3. The fourth-order valence-corrected chi connectivity index (χ4v) is 1.92. The van der Waals surface area contributed by atoms with Crippen molar-refractivity contribution in [3.8, 4) is 11.1 Å². The summed E-state index contributed by atoms with van der Waals surface area (Å²) in [6, 6.07) is 5.92. The van der Waals surface area contributed by atoms with Crippen LogP contribution in [0.1, 0.15) is 11.1 Å². The summed E-state index contributed by atoms with van der Waals surface area (Å²) in [6.07, 6.45) is 0.812. The molecule has 0 aliphatic carbocycles. The number of hydrogen-bond acceptors (Lipinski definition) is 2. The second-order valence-electron chi connectivity index (χ2n) is 4.21. The van der Waals surface area contributed by atoms with E-state index in [-0.39, 0.29) is 6.54 Å². The van der Waals surface area contributed by atoms with Crippen LogP contribution in [0.25, 0.3) is 11.1 Å². The third kappa shape index (κ3) is 2.73. The highest BCUT2D eigenvalue weighted by molar-refractivity contribution is 5.66. The van der Waals surface area contributed by atoms with Gasteiger partial charge in [0.1, 0.15) is 6.54 Å². The molecule has 0 aliphatic rings. The first kappa shape index (κ1) is 12.7. The first-order valence-electron chi connectivity index (χ1n) is 5.70. The molecule has 96 valence electrons. The zero-order valence-corrected chi connectivity index (χ0v) is 10.1. The molecule has 0 aliphatic heterocycles. The first-order valence-corrected chi connectivity index (χ1v) is 5.70. The lowest BCUT2D eigenvalue weighted by molar-refractivity contribution is 0.122. The molecule has 0 saturated carbocycles. The molecule has 0 bridgehead atoms. The zero-order chi connectivity index (χ0) is 13.1. The Hall–Kier alpha value is -1.75. The Kier molecular flexibility index (Phi) is 3.72. The highest BCUT2D eigenvalue weighted by Crippen LogP contribution is 2.24. The van der Waals surface area contributed by atoms with E-state index in [0.717, 1.165) is 22.3 Å². The molecule has 5 heteroatoms. The number of alkyl halides is 2. The van der Waals surface area contributed by atoms with Gasteiger partial charge < -0.3 is 5.73 Å². The third-order valence-electron chi connectivity index (χ3n) is 2.75. The van der Waals surface area contributed by atoms with Crippen LogP contribution in [-0.2, 0) is 13.1 Å². The lowest BCUT2D eigenvalue weighted by atomic mass is 10.0. The van der Waals surface area contributed by atoms with Gasteiger partial charge in [0.25, 0.3) is 6.43 Å². The summed E-state index contributed by atoms with van der Waals surface area (Å²) in [7, 11) is 0. The van der Waals surface area contributed by atoms with Crippen molar-refractivity contribution in [1.82, 2.24) is 9.78 Å². The van der Waals surface area contributed by atoms with Gasteiger partial charge in [-0.15, -0.1) is 0 Å². The molecular weight excluding hydrogens is 236 g/mol. The summed E-state index contributed by atoms with van der Waals surface area (Å²) < 4.78 is 25.7. The minimum absolute atomic E-state index is 0.385. The van der Waals surface area contributed by atoms with E-state index in [4.69, 9.17) is 5.73 Å². The van der Waals surface area contributed by atoms with Crippen molar-refractivity contribution < 1.29 is 8.78 Å². The number of aryl methyl sites for hydroxylation is 1. The van der Waals surface area contributed by atoms with Crippen LogP contribution < -0.4 is 5.73 Å². The quantitative estimate of drug-likeness (QED) is 0.907. The molecule has 0 saturated heterocycles. The molecule has 3 nitrogen and oxygen atoms in total. The highest BCUT2D eigenvalue weighted by atomic mass is 19.3. The molecule has 0 radical (unpaired) electrons. The van der Waals surface area contributed by atoms with Crippen LogP contribution in [-0.4, -0.2) is 16.2 Å². The van der Waals surface area contributed by atoms with Gasteiger partial charge in [-0.05, 0) is 18.1 Å². The molecule has 1 heterocycles. The van der Waals surface area contributed by atoms with E-state index in [1.807, 2.05) is 25.1 Å². The average molecular weight is 251 g/mol. The van der Waals surface area contributed by atoms with Crippen molar-refractivity contribution in [2.75, 3.05) is 0 Å². The van der Waals surface area contributed by atoms with E-state index in [1.165, 1.54) is 4.68 Å². The smallest absolute Gasteiger partial charge is 0.257 e. The van der Waals surface area contributed by atoms with Gasteiger partial charge in [0.2, 0.25) is 0 Å². The van der Waals surface area contributed by atoms with Crippen LogP contribution >= 0.6 is 0 Å². The summed E-state index contributed by atoms with van der Waals surface area (Å²) in [4.78, 5) is 0. The van der Waals surface area contributed by atoms with Crippen LogP contribution in [0.4, 0.5) is 8.78 Å². The first-order chi connectivity index (χ1) is 8.60. The molecular formula is C13H15F2N3. The van der Waals surface area contributed by atoms with Crippen molar-refractivity contribution in [3.63, 3.8) is 0 Å². The third-order valence-corrected chi connectivity index (χ3v) is 2.75. The Balaban J connectivity index is 2.33. The van der Waals surface area contributed by atoms with Crippen LogP contribution in [0, 0.1) is 6.92 Å². The number of nitrogens with two attached hydrogens (primary N) is 1. The van der Waals surface area contributed by atoms with Gasteiger partial charge in [0.05, 0.1) is 6.20 Å². The summed E-state index contributed by atoms with van der Waals surface area (Å²) in [5.41, 5.74) is 9.58. The largest absolute Gasteiger partial charge is 0.326 e. The van der Waals surface area contributed by atoms with Gasteiger partial charge in [-0.2, -0.15) is 5.10 Å². The van der Waals surface area contributed by atoms with Crippen molar-refractivity contribution in [3.05, 3.63) is 41.7 Å². The number of halogens is 2. The number of hydrogen-bond donors (Lipinski definition) is 1. The minimum atomic E-state index is -2.40. The average Bonchev–Trinajstić information content (AvgIpc) is 2.76. The van der Waals surface area contributed by atoms with Crippen molar-refractivity contribution in [1.29, 1.82) is 0 Å². The maximum absolute atomic E-state index is 12.2. The molecule has 0 fully saturated rings. The molecule has 2 rings (SSSR count). The van der Waals surface area contributed by atoms with Crippen LogP contribution in [0.3, 0.4) is 0 Å². The molecule has 18 heavy (non-hydrogen) atoms. The zero-order valence-electron chi connectivity index (χ0n) is 10.1. The fourth-order valence-electron chi connectivity index (χ4n) is 1.92. The van der Waals surface area contributed by atoms with Crippen LogP contribution in [0.5, 0.6) is 0 Å². The Morgan fingerprint density at radius 2 is 2.17 bits per heavy atom. The molecule has 0 spiro atoms. The summed E-state index contributed by atoms with van der Waals surface area (Å²) in [5.74, 6) is 0. The molecule has 2 aromatic rings. The SMILES string of the molecule is Cc1ccc(-c2cnn(CC(F)F)c2)c(CN)c1. The highest BCUT2D eigenvalue weighted by Gasteiger charge is 2.09. The number of benzene rings is 1. The topological polar surface area (TPSA) is 43.8 Å². The Labute approximate surface area is 104 Å². The Morgan fingerprint density at radius 3 is 2.83 bits per heavy atom. The van der Waals surface area contributed by atoms with Gasteiger partial charge in [0.15, 0.2) is 0 Å². The number of aromatic nitrogens is 2. The Morgan fingerprint density at radius 1 is 1.39 bits per heavy atom. The lowest BCUT2D eigenvalue weighted by Gasteiger charge is -2.06. The molecule has 1 aromatic carbocycles. The van der Waals surface area contributed by atoms with E-state index in [0.29, 0.717) is 6.54 Å². The summed E-state index contributed by atoms with van der Waals surface area (Å²) in [5, 5.41) is 3.93. The van der Waals surface area contributed by atoms with Gasteiger partial charge in [-0.3, -0.25) is 4.68 Å². The second kappa shape index (κ2) is 5.27. The minimum Gasteiger partial charge on any atom is -0.326 e. The molecule has 0 atom stereocenters. The van der Waals surface area contributed by atoms with E-state index in [2.05, 4.69) is 5.10 Å². The molecule has 2 N–H and O–H groups in total. The van der Waals surface area contributed by atoms with Gasteiger partial charge in [0, 0.05) is 18.3 Å². The van der Waals surface area contributed by atoms with Gasteiger partial charge >= 0.3 is 0 Å². The second-order valence-corrected chi connectivity index (χ2v) is 4.21. The van der Waals surface area contributed by atoms with Crippen molar-refractivity contribution in [2.45, 2.75) is 26.4 Å². The fraction of sp³-hybridized carbons (Fsp3) is 0.308. The van der Waals surface area contributed by atoms with Crippen LogP contribution in [0.15, 0.2) is 30.6 Å². The maximum Gasteiger partial charge on any atom is 0.257 e. The van der Waals surface area contributed by atoms with E-state index < -0.39 is 6.43 Å². The van der Waals surface area contributed by atoms with Gasteiger partial charge in [-0.25, -0.2) is 8.78 Å². The summed E-state index contributed by atoms with van der Waals surface area (Å²) >= 11 is 0. The van der Waals surface area contributed by atoms with Crippen LogP contribution in [0.2, 0.25) is 0 Å². The van der Waals surface area contributed by atoms with Crippen molar-refractivity contribution in [2.24, 2.45) is 5.73 Å². The van der Waals surface area contributed by atoms with E-state index in [9.17, 15) is 8.78 Å². The molecule has 1 aromatic heterocycles. The molecule has 0 unspecified atom stereocenters. The van der Waals surface area contributed by atoms with Crippen molar-refractivity contribution >= 4 is 0 Å². The number of rotatable bonds is 4. The predicted octanol–water partition coefficient (Wildman–Crippen LogP) is 2.58.